The molecule has 0 spiro atoms. The summed E-state index contributed by atoms with van der Waals surface area (Å²) >= 11 is 19.5. The largest absolute Gasteiger partial charge is 0.422 e. The van der Waals surface area contributed by atoms with E-state index in [-0.39, 0.29) is 0 Å². The molecule has 0 saturated heterocycles. The fraction of sp³-hybridized carbons (Fsp3) is 0.0500. The van der Waals surface area contributed by atoms with E-state index in [2.05, 4.69) is 15.5 Å². The van der Waals surface area contributed by atoms with Gasteiger partial charge in [-0.25, -0.2) is 9.78 Å². The van der Waals surface area contributed by atoms with E-state index < -0.39 is 5.63 Å². The first-order valence-electron chi connectivity index (χ1n) is 8.36. The van der Waals surface area contributed by atoms with Gasteiger partial charge in [-0.05, 0) is 43.3 Å². The smallest absolute Gasteiger partial charge is 0.345 e. The van der Waals surface area contributed by atoms with Crippen LogP contribution in [-0.2, 0) is 0 Å². The lowest BCUT2D eigenvalue weighted by molar-refractivity contribution is 0.563. The predicted octanol–water partition coefficient (Wildman–Crippen LogP) is 6.71. The summed E-state index contributed by atoms with van der Waals surface area (Å²) in [5.74, 6) is 0. The van der Waals surface area contributed by atoms with Gasteiger partial charge in [0.15, 0.2) is 0 Å². The van der Waals surface area contributed by atoms with Crippen LogP contribution in [0.5, 0.6) is 0 Å². The number of rotatable bonds is 4. The van der Waals surface area contributed by atoms with E-state index >= 15 is 0 Å². The number of hydrogen-bond donors (Lipinski definition) is 1. The molecule has 5 nitrogen and oxygen atoms in total. The van der Waals surface area contributed by atoms with Crippen LogP contribution in [0.1, 0.15) is 12.5 Å². The summed E-state index contributed by atoms with van der Waals surface area (Å²) in [4.78, 5) is 16.8. The summed E-state index contributed by atoms with van der Waals surface area (Å²) in [7, 11) is 0. The van der Waals surface area contributed by atoms with Gasteiger partial charge in [0.2, 0.25) is 5.13 Å². The zero-order valence-electron chi connectivity index (χ0n) is 14.9. The van der Waals surface area contributed by atoms with Crippen molar-refractivity contribution in [3.8, 4) is 11.3 Å². The number of anilines is 1. The monoisotopic (exact) mass is 463 g/mol. The van der Waals surface area contributed by atoms with Crippen molar-refractivity contribution in [1.29, 1.82) is 0 Å². The zero-order chi connectivity index (χ0) is 20.5. The maximum absolute atomic E-state index is 12.3. The normalized spacial score (nSPS) is 11.8. The molecule has 0 aliphatic carbocycles. The molecular weight excluding hydrogens is 453 g/mol. The van der Waals surface area contributed by atoms with Gasteiger partial charge in [0.25, 0.3) is 0 Å². The average Bonchev–Trinajstić information content (AvgIpc) is 3.14. The highest BCUT2D eigenvalue weighted by molar-refractivity contribution is 7.14. The van der Waals surface area contributed by atoms with E-state index in [1.165, 1.54) is 11.3 Å². The molecule has 4 rings (SSSR count). The number of thiazole rings is 1. The minimum atomic E-state index is -0.468. The second kappa shape index (κ2) is 8.16. The van der Waals surface area contributed by atoms with Crippen molar-refractivity contribution in [2.24, 2.45) is 5.10 Å². The minimum absolute atomic E-state index is 0.352. The van der Waals surface area contributed by atoms with Gasteiger partial charge in [-0.2, -0.15) is 5.10 Å². The molecule has 4 aromatic rings. The second-order valence-electron chi connectivity index (χ2n) is 6.10. The molecule has 0 saturated carbocycles. The number of halogens is 3. The highest BCUT2D eigenvalue weighted by Crippen LogP contribution is 2.27. The average molecular weight is 465 g/mol. The molecule has 0 aliphatic heterocycles. The van der Waals surface area contributed by atoms with Gasteiger partial charge in [-0.1, -0.05) is 40.9 Å². The quantitative estimate of drug-likeness (QED) is 0.207. The van der Waals surface area contributed by atoms with Gasteiger partial charge in [-0.3, -0.25) is 5.43 Å². The SMILES string of the molecule is CC(=NNc1nc(-c2cc3cc(Cl)ccc3oc2=O)cs1)c1ccc(Cl)cc1Cl. The van der Waals surface area contributed by atoms with Crippen LogP contribution >= 0.6 is 46.1 Å². The molecular formula is C20H12Cl3N3O2S. The molecule has 146 valence electrons. The predicted molar refractivity (Wildman–Crippen MR) is 121 cm³/mol. The standard InChI is InChI=1S/C20H12Cl3N3O2S/c1-10(14-4-2-13(22)8-16(14)23)25-26-20-24-17(9-29-20)15-7-11-6-12(21)3-5-18(11)28-19(15)27/h2-9H,1H3,(H,24,26). The Bertz CT molecular complexity index is 1310. The summed E-state index contributed by atoms with van der Waals surface area (Å²) in [6, 6.07) is 12.0. The maximum Gasteiger partial charge on any atom is 0.345 e. The Kier molecular flexibility index (Phi) is 5.61. The van der Waals surface area contributed by atoms with Crippen molar-refractivity contribution in [2.45, 2.75) is 6.92 Å². The lowest BCUT2D eigenvalue weighted by Crippen LogP contribution is -2.03. The van der Waals surface area contributed by atoms with Crippen LogP contribution in [0.3, 0.4) is 0 Å². The van der Waals surface area contributed by atoms with Gasteiger partial charge in [0, 0.05) is 26.4 Å². The van der Waals surface area contributed by atoms with Gasteiger partial charge in [-0.15, -0.1) is 11.3 Å². The fourth-order valence-corrected chi connectivity index (χ4v) is 4.07. The third kappa shape index (κ3) is 4.31. The molecule has 0 atom stereocenters. The molecule has 2 aromatic carbocycles. The number of aromatic nitrogens is 1. The number of hydrazone groups is 1. The lowest BCUT2D eigenvalue weighted by Gasteiger charge is -2.04. The van der Waals surface area contributed by atoms with Crippen molar-refractivity contribution < 1.29 is 4.42 Å². The number of benzene rings is 2. The summed E-state index contributed by atoms with van der Waals surface area (Å²) in [6.07, 6.45) is 0. The zero-order valence-corrected chi connectivity index (χ0v) is 18.0. The molecule has 1 N–H and O–H groups in total. The second-order valence-corrected chi connectivity index (χ2v) is 8.24. The Morgan fingerprint density at radius 3 is 2.66 bits per heavy atom. The lowest BCUT2D eigenvalue weighted by atomic mass is 10.1. The van der Waals surface area contributed by atoms with Crippen LogP contribution in [0.2, 0.25) is 15.1 Å². The topological polar surface area (TPSA) is 67.5 Å². The summed E-state index contributed by atoms with van der Waals surface area (Å²) < 4.78 is 5.37. The Morgan fingerprint density at radius 2 is 1.86 bits per heavy atom. The molecule has 2 aromatic heterocycles. The van der Waals surface area contributed by atoms with E-state index in [0.717, 1.165) is 10.9 Å². The van der Waals surface area contributed by atoms with Crippen LogP contribution < -0.4 is 11.1 Å². The number of hydrogen-bond acceptors (Lipinski definition) is 6. The molecule has 0 amide bonds. The summed E-state index contributed by atoms with van der Waals surface area (Å²) in [6.45, 7) is 1.82. The van der Waals surface area contributed by atoms with Gasteiger partial charge in [0.05, 0.1) is 22.0 Å². The Balaban J connectivity index is 1.61. The molecule has 0 aliphatic rings. The minimum Gasteiger partial charge on any atom is -0.422 e. The molecule has 0 unspecified atom stereocenters. The first kappa shape index (κ1) is 19.9. The molecule has 2 heterocycles. The summed E-state index contributed by atoms with van der Waals surface area (Å²) in [5.41, 5.74) is 5.16. The molecule has 0 bridgehead atoms. The Hall–Kier alpha value is -2.38. The van der Waals surface area contributed by atoms with Crippen LogP contribution in [0.25, 0.3) is 22.2 Å². The highest BCUT2D eigenvalue weighted by atomic mass is 35.5. The molecule has 29 heavy (non-hydrogen) atoms. The summed E-state index contributed by atoms with van der Waals surface area (Å²) in [5, 5.41) is 8.94. The van der Waals surface area contributed by atoms with Crippen molar-refractivity contribution >= 4 is 68.0 Å². The van der Waals surface area contributed by atoms with E-state index in [1.807, 2.05) is 6.92 Å². The van der Waals surface area contributed by atoms with Gasteiger partial charge in [0.1, 0.15) is 5.58 Å². The van der Waals surface area contributed by atoms with Crippen LogP contribution in [-0.4, -0.2) is 10.7 Å². The van der Waals surface area contributed by atoms with Crippen molar-refractivity contribution in [3.63, 3.8) is 0 Å². The first-order chi connectivity index (χ1) is 13.9. The van der Waals surface area contributed by atoms with Crippen molar-refractivity contribution in [1.82, 2.24) is 4.98 Å². The number of nitrogens with one attached hydrogen (secondary N) is 1. The molecule has 0 fully saturated rings. The Morgan fingerprint density at radius 1 is 1.10 bits per heavy atom. The van der Waals surface area contributed by atoms with Crippen LogP contribution in [0, 0.1) is 0 Å². The van der Waals surface area contributed by atoms with Gasteiger partial charge >= 0.3 is 5.63 Å². The molecule has 0 radical (unpaired) electrons. The van der Waals surface area contributed by atoms with E-state index in [0.29, 0.717) is 42.8 Å². The number of nitrogens with zero attached hydrogens (tertiary/aromatic N) is 2. The fourth-order valence-electron chi connectivity index (χ4n) is 2.70. The number of fused-ring (bicyclic) bond motifs is 1. The van der Waals surface area contributed by atoms with Crippen molar-refractivity contribution in [2.75, 3.05) is 5.43 Å². The molecule has 9 heteroatoms. The van der Waals surface area contributed by atoms with Crippen LogP contribution in [0.15, 0.2) is 62.2 Å². The van der Waals surface area contributed by atoms with Crippen molar-refractivity contribution in [3.05, 3.63) is 78.9 Å². The van der Waals surface area contributed by atoms with Gasteiger partial charge < -0.3 is 4.42 Å². The Labute approximate surface area is 184 Å². The van der Waals surface area contributed by atoms with E-state index in [4.69, 9.17) is 39.2 Å². The van der Waals surface area contributed by atoms with Crippen LogP contribution in [0.4, 0.5) is 5.13 Å². The third-order valence-electron chi connectivity index (χ3n) is 4.11. The maximum atomic E-state index is 12.3. The van der Waals surface area contributed by atoms with E-state index in [9.17, 15) is 4.79 Å². The first-order valence-corrected chi connectivity index (χ1v) is 10.4. The third-order valence-corrected chi connectivity index (χ3v) is 5.64. The highest BCUT2D eigenvalue weighted by Gasteiger charge is 2.12. The van der Waals surface area contributed by atoms with E-state index in [1.54, 1.807) is 47.8 Å².